The Morgan fingerprint density at radius 1 is 1.44 bits per heavy atom. The fourth-order valence-electron chi connectivity index (χ4n) is 2.54. The molecule has 2 atom stereocenters. The Hall–Kier alpha value is -1.51. The normalized spacial score (nSPS) is 25.8. The summed E-state index contributed by atoms with van der Waals surface area (Å²) in [6.45, 7) is 2.88. The summed E-state index contributed by atoms with van der Waals surface area (Å²) in [5.74, 6) is 1.22. The van der Waals surface area contributed by atoms with Crippen molar-refractivity contribution in [2.45, 2.75) is 38.8 Å². The first kappa shape index (κ1) is 11.6. The highest BCUT2D eigenvalue weighted by atomic mass is 16.2. The monoisotopic (exact) mass is 244 g/mol. The number of carbonyl (C=O) groups is 1. The summed E-state index contributed by atoms with van der Waals surface area (Å²) in [4.78, 5) is 14.5. The van der Waals surface area contributed by atoms with E-state index in [0.29, 0.717) is 17.9 Å². The molecule has 3 nitrogen and oxygen atoms in total. The number of amides is 1. The van der Waals surface area contributed by atoms with Gasteiger partial charge in [-0.2, -0.15) is 0 Å². The third-order valence-electron chi connectivity index (χ3n) is 4.00. The minimum absolute atomic E-state index is 0.284. The predicted molar refractivity (Wildman–Crippen MR) is 71.7 cm³/mol. The molecule has 2 fully saturated rings. The Balaban J connectivity index is 1.72. The molecule has 0 radical (unpaired) electrons. The van der Waals surface area contributed by atoms with Crippen molar-refractivity contribution in [1.29, 1.82) is 0 Å². The smallest absolute Gasteiger partial charge is 0.226 e. The van der Waals surface area contributed by atoms with Crippen molar-refractivity contribution < 1.29 is 4.79 Å². The van der Waals surface area contributed by atoms with Crippen LogP contribution in [0.1, 0.15) is 31.7 Å². The van der Waals surface area contributed by atoms with Gasteiger partial charge in [0.25, 0.3) is 0 Å². The zero-order chi connectivity index (χ0) is 12.7. The standard InChI is InChI=1S/C15H20N2O/c1-10-7-14(10)15(18)17(13-5-6-13)9-11-3-2-4-12(16)8-11/h2-4,8,10,13-14H,5-7,9,16H2,1H3. The number of nitrogens with zero attached hydrogens (tertiary/aromatic N) is 1. The van der Waals surface area contributed by atoms with Gasteiger partial charge in [0.1, 0.15) is 0 Å². The van der Waals surface area contributed by atoms with Crippen LogP contribution in [0.15, 0.2) is 24.3 Å². The number of hydrogen-bond acceptors (Lipinski definition) is 2. The summed E-state index contributed by atoms with van der Waals surface area (Å²) >= 11 is 0. The van der Waals surface area contributed by atoms with Gasteiger partial charge in [-0.05, 0) is 42.9 Å². The van der Waals surface area contributed by atoms with E-state index in [9.17, 15) is 4.79 Å². The van der Waals surface area contributed by atoms with Gasteiger partial charge in [-0.25, -0.2) is 0 Å². The number of rotatable bonds is 4. The second-order valence-corrected chi connectivity index (χ2v) is 5.76. The molecule has 3 rings (SSSR count). The zero-order valence-electron chi connectivity index (χ0n) is 10.8. The van der Waals surface area contributed by atoms with Gasteiger partial charge in [0, 0.05) is 24.2 Å². The Labute approximate surface area is 108 Å². The van der Waals surface area contributed by atoms with Crippen LogP contribution in [0.3, 0.4) is 0 Å². The molecule has 0 bridgehead atoms. The van der Waals surface area contributed by atoms with Gasteiger partial charge < -0.3 is 10.6 Å². The lowest BCUT2D eigenvalue weighted by molar-refractivity contribution is -0.134. The van der Waals surface area contributed by atoms with Crippen LogP contribution < -0.4 is 5.73 Å². The fourth-order valence-corrected chi connectivity index (χ4v) is 2.54. The molecule has 1 aromatic rings. The van der Waals surface area contributed by atoms with E-state index in [1.54, 1.807) is 0 Å². The highest BCUT2D eigenvalue weighted by Crippen LogP contribution is 2.42. The average Bonchev–Trinajstić information content (AvgIpc) is 3.21. The van der Waals surface area contributed by atoms with E-state index in [2.05, 4.69) is 17.9 Å². The molecule has 0 aromatic heterocycles. The van der Waals surface area contributed by atoms with Crippen LogP contribution in [0.25, 0.3) is 0 Å². The van der Waals surface area contributed by atoms with Crippen LogP contribution in [0.4, 0.5) is 5.69 Å². The maximum absolute atomic E-state index is 12.4. The van der Waals surface area contributed by atoms with Crippen molar-refractivity contribution in [1.82, 2.24) is 4.90 Å². The molecule has 1 amide bonds. The molecule has 0 aliphatic heterocycles. The molecule has 2 unspecified atom stereocenters. The molecule has 1 aromatic carbocycles. The molecule has 0 spiro atoms. The van der Waals surface area contributed by atoms with Crippen molar-refractivity contribution in [2.75, 3.05) is 5.73 Å². The molecular weight excluding hydrogens is 224 g/mol. The summed E-state index contributed by atoms with van der Waals surface area (Å²) < 4.78 is 0. The van der Waals surface area contributed by atoms with E-state index in [0.717, 1.165) is 37.1 Å². The summed E-state index contributed by atoms with van der Waals surface area (Å²) in [5, 5.41) is 0. The Kier molecular flexibility index (Phi) is 2.77. The van der Waals surface area contributed by atoms with Crippen molar-refractivity contribution in [3.05, 3.63) is 29.8 Å². The van der Waals surface area contributed by atoms with Gasteiger partial charge in [0.05, 0.1) is 0 Å². The first-order valence-corrected chi connectivity index (χ1v) is 6.80. The molecule has 2 N–H and O–H groups in total. The SMILES string of the molecule is CC1CC1C(=O)N(Cc1cccc(N)c1)C1CC1. The lowest BCUT2D eigenvalue weighted by Crippen LogP contribution is -2.34. The van der Waals surface area contributed by atoms with Crippen molar-refractivity contribution in [3.8, 4) is 0 Å². The highest BCUT2D eigenvalue weighted by Gasteiger charge is 2.44. The fraction of sp³-hybridized carbons (Fsp3) is 0.533. The van der Waals surface area contributed by atoms with Crippen LogP contribution in [0, 0.1) is 11.8 Å². The summed E-state index contributed by atoms with van der Waals surface area (Å²) in [6.07, 6.45) is 3.39. The Morgan fingerprint density at radius 2 is 2.17 bits per heavy atom. The van der Waals surface area contributed by atoms with Gasteiger partial charge in [-0.3, -0.25) is 4.79 Å². The lowest BCUT2D eigenvalue weighted by atomic mass is 10.1. The largest absolute Gasteiger partial charge is 0.399 e. The van der Waals surface area contributed by atoms with Gasteiger partial charge in [0.2, 0.25) is 5.91 Å². The van der Waals surface area contributed by atoms with Crippen molar-refractivity contribution >= 4 is 11.6 Å². The predicted octanol–water partition coefficient (Wildman–Crippen LogP) is 2.42. The molecule has 18 heavy (non-hydrogen) atoms. The van der Waals surface area contributed by atoms with E-state index >= 15 is 0 Å². The molecule has 3 heteroatoms. The number of hydrogen-bond donors (Lipinski definition) is 1. The van der Waals surface area contributed by atoms with E-state index in [-0.39, 0.29) is 5.92 Å². The summed E-state index contributed by atoms with van der Waals surface area (Å²) in [6, 6.07) is 8.34. The van der Waals surface area contributed by atoms with Gasteiger partial charge >= 0.3 is 0 Å². The number of anilines is 1. The Bertz CT molecular complexity index is 467. The maximum atomic E-state index is 12.4. The average molecular weight is 244 g/mol. The van der Waals surface area contributed by atoms with E-state index in [4.69, 9.17) is 5.73 Å². The third kappa shape index (κ3) is 2.35. The first-order valence-electron chi connectivity index (χ1n) is 6.80. The maximum Gasteiger partial charge on any atom is 0.226 e. The lowest BCUT2D eigenvalue weighted by Gasteiger charge is -2.23. The molecule has 0 heterocycles. The van der Waals surface area contributed by atoms with Crippen molar-refractivity contribution in [3.63, 3.8) is 0 Å². The first-order chi connectivity index (χ1) is 8.65. The Morgan fingerprint density at radius 3 is 2.72 bits per heavy atom. The summed E-state index contributed by atoms with van der Waals surface area (Å²) in [5.41, 5.74) is 7.71. The highest BCUT2D eigenvalue weighted by molar-refractivity contribution is 5.82. The summed E-state index contributed by atoms with van der Waals surface area (Å²) in [7, 11) is 0. The topological polar surface area (TPSA) is 46.3 Å². The van der Waals surface area contributed by atoms with Crippen LogP contribution in [-0.4, -0.2) is 16.8 Å². The van der Waals surface area contributed by atoms with Crippen LogP contribution in [-0.2, 0) is 11.3 Å². The van der Waals surface area contributed by atoms with Gasteiger partial charge in [-0.15, -0.1) is 0 Å². The quantitative estimate of drug-likeness (QED) is 0.827. The molecule has 2 aliphatic rings. The van der Waals surface area contributed by atoms with Crippen LogP contribution in [0.5, 0.6) is 0 Å². The number of nitrogens with two attached hydrogens (primary N) is 1. The minimum Gasteiger partial charge on any atom is -0.399 e. The minimum atomic E-state index is 0.284. The number of carbonyl (C=O) groups excluding carboxylic acids is 1. The van der Waals surface area contributed by atoms with Gasteiger partial charge in [-0.1, -0.05) is 19.1 Å². The molecule has 2 aliphatic carbocycles. The molecule has 0 saturated heterocycles. The molecule has 96 valence electrons. The van der Waals surface area contributed by atoms with Crippen molar-refractivity contribution in [2.24, 2.45) is 11.8 Å². The van der Waals surface area contributed by atoms with E-state index in [1.807, 2.05) is 18.2 Å². The molecule has 2 saturated carbocycles. The number of benzene rings is 1. The van der Waals surface area contributed by atoms with Gasteiger partial charge in [0.15, 0.2) is 0 Å². The van der Waals surface area contributed by atoms with E-state index < -0.39 is 0 Å². The number of nitrogen functional groups attached to an aromatic ring is 1. The third-order valence-corrected chi connectivity index (χ3v) is 4.00. The zero-order valence-corrected chi connectivity index (χ0v) is 10.8. The molecular formula is C15H20N2O. The second-order valence-electron chi connectivity index (χ2n) is 5.76. The van der Waals surface area contributed by atoms with Crippen LogP contribution >= 0.6 is 0 Å². The second kappa shape index (κ2) is 4.30. The van der Waals surface area contributed by atoms with E-state index in [1.165, 1.54) is 0 Å². The van der Waals surface area contributed by atoms with Crippen LogP contribution in [0.2, 0.25) is 0 Å².